The fraction of sp³-hybridized carbons (Fsp3) is 0.900. The van der Waals surface area contributed by atoms with E-state index < -0.39 is 0 Å². The number of hydrogen-bond donors (Lipinski definition) is 2. The third-order valence-electron chi connectivity index (χ3n) is 6.06. The lowest BCUT2D eigenvalue weighted by atomic mass is 9.95. The van der Waals surface area contributed by atoms with Gasteiger partial charge in [0.15, 0.2) is 0 Å². The van der Waals surface area contributed by atoms with E-state index in [1.807, 2.05) is 11.8 Å². The molecule has 0 aromatic heterocycles. The van der Waals surface area contributed by atoms with Gasteiger partial charge in [-0.25, -0.2) is 4.79 Å². The first-order valence-electron chi connectivity index (χ1n) is 10.9. The van der Waals surface area contributed by atoms with Crippen LogP contribution in [0.4, 0.5) is 4.79 Å². The lowest BCUT2D eigenvalue weighted by molar-refractivity contribution is -0.129. The molecular weight excluding hydrogens is 342 g/mol. The largest absolute Gasteiger partial charge is 0.353 e. The predicted octanol–water partition coefficient (Wildman–Crippen LogP) is 1.35. The number of carbonyl (C=O) groups excluding carboxylic acids is 2. The molecule has 27 heavy (non-hydrogen) atoms. The van der Waals surface area contributed by atoms with E-state index in [4.69, 9.17) is 0 Å². The standard InChI is InChI=1S/C20H39N5O2/c1-4-21-20(27)25-15-13-24(14-16-25)18(17-9-7-8-10-17)19(26)22-11-12-23(5-2)6-3/h17-18H,4-16H2,1-3H3,(H,21,27)(H,22,26). The summed E-state index contributed by atoms with van der Waals surface area (Å²) in [7, 11) is 0. The average molecular weight is 382 g/mol. The van der Waals surface area contributed by atoms with Crippen molar-refractivity contribution in [3.63, 3.8) is 0 Å². The minimum atomic E-state index is -0.0411. The molecule has 1 saturated heterocycles. The maximum atomic E-state index is 13.0. The van der Waals surface area contributed by atoms with Crippen molar-refractivity contribution in [2.24, 2.45) is 5.92 Å². The SMILES string of the molecule is CCNC(=O)N1CCN(C(C(=O)NCCN(CC)CC)C2CCCC2)CC1. The highest BCUT2D eigenvalue weighted by Crippen LogP contribution is 2.31. The van der Waals surface area contributed by atoms with E-state index in [1.165, 1.54) is 12.8 Å². The fourth-order valence-electron chi connectivity index (χ4n) is 4.40. The van der Waals surface area contributed by atoms with Crippen molar-refractivity contribution in [3.8, 4) is 0 Å². The van der Waals surface area contributed by atoms with Crippen LogP contribution in [0.3, 0.4) is 0 Å². The van der Waals surface area contributed by atoms with Gasteiger partial charge in [0.2, 0.25) is 5.91 Å². The van der Waals surface area contributed by atoms with E-state index in [1.54, 1.807) is 0 Å². The molecule has 2 aliphatic rings. The Morgan fingerprint density at radius 3 is 2.19 bits per heavy atom. The van der Waals surface area contributed by atoms with Crippen molar-refractivity contribution < 1.29 is 9.59 Å². The Balaban J connectivity index is 1.90. The molecule has 156 valence electrons. The minimum absolute atomic E-state index is 0.0123. The fourth-order valence-corrected chi connectivity index (χ4v) is 4.40. The van der Waals surface area contributed by atoms with Gasteiger partial charge in [0.25, 0.3) is 0 Å². The third-order valence-corrected chi connectivity index (χ3v) is 6.06. The number of likely N-dealkylation sites (N-methyl/N-ethyl adjacent to an activating group) is 1. The van der Waals surface area contributed by atoms with E-state index in [9.17, 15) is 9.59 Å². The second-order valence-corrected chi connectivity index (χ2v) is 7.67. The number of piperazine rings is 1. The van der Waals surface area contributed by atoms with Gasteiger partial charge in [0, 0.05) is 45.8 Å². The zero-order chi connectivity index (χ0) is 19.6. The summed E-state index contributed by atoms with van der Waals surface area (Å²) in [5, 5.41) is 6.07. The maximum absolute atomic E-state index is 13.0. The first-order chi connectivity index (χ1) is 13.1. The van der Waals surface area contributed by atoms with Crippen molar-refractivity contribution in [3.05, 3.63) is 0 Å². The Hall–Kier alpha value is -1.34. The second-order valence-electron chi connectivity index (χ2n) is 7.67. The van der Waals surface area contributed by atoms with Gasteiger partial charge in [0.05, 0.1) is 6.04 Å². The molecule has 2 fully saturated rings. The quantitative estimate of drug-likeness (QED) is 0.633. The summed E-state index contributed by atoms with van der Waals surface area (Å²) in [6.07, 6.45) is 4.74. The number of rotatable bonds is 9. The molecular formula is C20H39N5O2. The normalized spacial score (nSPS) is 20.1. The highest BCUT2D eigenvalue weighted by atomic mass is 16.2. The summed E-state index contributed by atoms with van der Waals surface area (Å²) in [4.78, 5) is 31.6. The molecule has 3 amide bonds. The summed E-state index contributed by atoms with van der Waals surface area (Å²) in [5.41, 5.74) is 0. The summed E-state index contributed by atoms with van der Waals surface area (Å²) < 4.78 is 0. The van der Waals surface area contributed by atoms with Gasteiger partial charge in [-0.05, 0) is 38.8 Å². The van der Waals surface area contributed by atoms with Crippen LogP contribution in [-0.4, -0.2) is 91.6 Å². The zero-order valence-electron chi connectivity index (χ0n) is 17.5. The van der Waals surface area contributed by atoms with Crippen molar-refractivity contribution in [2.75, 3.05) is 58.9 Å². The lowest BCUT2D eigenvalue weighted by Gasteiger charge is -2.40. The average Bonchev–Trinajstić information content (AvgIpc) is 3.20. The molecule has 2 N–H and O–H groups in total. The number of nitrogens with one attached hydrogen (secondary N) is 2. The van der Waals surface area contributed by atoms with E-state index in [2.05, 4.69) is 34.3 Å². The van der Waals surface area contributed by atoms with Crippen molar-refractivity contribution >= 4 is 11.9 Å². The van der Waals surface area contributed by atoms with Crippen LogP contribution in [0.15, 0.2) is 0 Å². The molecule has 1 atom stereocenters. The van der Waals surface area contributed by atoms with Gasteiger partial charge in [-0.15, -0.1) is 0 Å². The molecule has 0 radical (unpaired) electrons. The van der Waals surface area contributed by atoms with Crippen LogP contribution < -0.4 is 10.6 Å². The Kier molecular flexibility index (Phi) is 9.34. The van der Waals surface area contributed by atoms with Crippen LogP contribution >= 0.6 is 0 Å². The molecule has 1 aliphatic heterocycles. The van der Waals surface area contributed by atoms with Crippen LogP contribution in [0.25, 0.3) is 0 Å². The molecule has 1 saturated carbocycles. The molecule has 2 rings (SSSR count). The monoisotopic (exact) mass is 381 g/mol. The van der Waals surface area contributed by atoms with Crippen molar-refractivity contribution in [1.29, 1.82) is 0 Å². The van der Waals surface area contributed by atoms with Crippen LogP contribution in [0, 0.1) is 5.92 Å². The van der Waals surface area contributed by atoms with E-state index >= 15 is 0 Å². The second kappa shape index (κ2) is 11.5. The van der Waals surface area contributed by atoms with Crippen molar-refractivity contribution in [1.82, 2.24) is 25.3 Å². The highest BCUT2D eigenvalue weighted by molar-refractivity contribution is 5.82. The summed E-state index contributed by atoms with van der Waals surface area (Å²) in [6, 6.07) is -0.0289. The number of hydrogen-bond acceptors (Lipinski definition) is 4. The highest BCUT2D eigenvalue weighted by Gasteiger charge is 2.37. The summed E-state index contributed by atoms with van der Waals surface area (Å²) in [5.74, 6) is 0.634. The molecule has 0 aromatic rings. The molecule has 7 nitrogen and oxygen atoms in total. The molecule has 1 aliphatic carbocycles. The number of carbonyl (C=O) groups is 2. The van der Waals surface area contributed by atoms with Gasteiger partial charge in [-0.2, -0.15) is 0 Å². The molecule has 0 bridgehead atoms. The van der Waals surface area contributed by atoms with Crippen LogP contribution in [0.1, 0.15) is 46.5 Å². The summed E-state index contributed by atoms with van der Waals surface area (Å²) >= 11 is 0. The molecule has 1 unspecified atom stereocenters. The molecule has 1 heterocycles. The topological polar surface area (TPSA) is 67.9 Å². The van der Waals surface area contributed by atoms with E-state index in [0.29, 0.717) is 32.1 Å². The zero-order valence-corrected chi connectivity index (χ0v) is 17.5. The Labute approximate surface area is 164 Å². The van der Waals surface area contributed by atoms with Gasteiger partial charge in [-0.3, -0.25) is 9.69 Å². The van der Waals surface area contributed by atoms with Gasteiger partial charge in [-0.1, -0.05) is 26.7 Å². The van der Waals surface area contributed by atoms with Crippen molar-refractivity contribution in [2.45, 2.75) is 52.5 Å². The first-order valence-corrected chi connectivity index (χ1v) is 10.9. The van der Waals surface area contributed by atoms with Crippen LogP contribution in [0.5, 0.6) is 0 Å². The van der Waals surface area contributed by atoms with Crippen LogP contribution in [0.2, 0.25) is 0 Å². The number of amides is 3. The Bertz CT molecular complexity index is 455. The molecule has 7 heteroatoms. The molecule has 0 spiro atoms. The number of urea groups is 1. The van der Waals surface area contributed by atoms with Gasteiger partial charge < -0.3 is 20.4 Å². The van der Waals surface area contributed by atoms with E-state index in [-0.39, 0.29) is 18.0 Å². The van der Waals surface area contributed by atoms with E-state index in [0.717, 1.165) is 45.6 Å². The third kappa shape index (κ3) is 6.35. The Morgan fingerprint density at radius 1 is 1.00 bits per heavy atom. The first kappa shape index (κ1) is 22.0. The van der Waals surface area contributed by atoms with Crippen LogP contribution in [-0.2, 0) is 4.79 Å². The van der Waals surface area contributed by atoms with Gasteiger partial charge in [0.1, 0.15) is 0 Å². The molecule has 0 aromatic carbocycles. The maximum Gasteiger partial charge on any atom is 0.317 e. The Morgan fingerprint density at radius 2 is 1.63 bits per heavy atom. The summed E-state index contributed by atoms with van der Waals surface area (Å²) in [6.45, 7) is 13.5. The minimum Gasteiger partial charge on any atom is -0.353 e. The van der Waals surface area contributed by atoms with Gasteiger partial charge >= 0.3 is 6.03 Å². The number of nitrogens with zero attached hydrogens (tertiary/aromatic N) is 3. The smallest absolute Gasteiger partial charge is 0.317 e. The predicted molar refractivity (Wildman–Crippen MR) is 109 cm³/mol. The lowest BCUT2D eigenvalue weighted by Crippen LogP contribution is -2.59.